The van der Waals surface area contributed by atoms with Gasteiger partial charge in [-0.2, -0.15) is 0 Å². The zero-order valence-corrected chi connectivity index (χ0v) is 16.9. The number of anilines is 2. The first kappa shape index (κ1) is 18.6. The van der Waals surface area contributed by atoms with E-state index in [-0.39, 0.29) is 5.91 Å². The second-order valence-electron chi connectivity index (χ2n) is 8.36. The lowest BCUT2D eigenvalue weighted by atomic mass is 9.82. The van der Waals surface area contributed by atoms with Crippen LogP contribution in [0, 0.1) is 5.92 Å². The number of nitrogens with zero attached hydrogens (tertiary/aromatic N) is 3. The average molecular weight is 392 g/mol. The lowest BCUT2D eigenvalue weighted by molar-refractivity contribution is 0.0303. The topological polar surface area (TPSA) is 36.0 Å². The van der Waals surface area contributed by atoms with Crippen molar-refractivity contribution in [3.63, 3.8) is 0 Å². The number of para-hydroxylation sites is 1. The summed E-state index contributed by atoms with van der Waals surface area (Å²) in [6.07, 6.45) is 2.56. The van der Waals surface area contributed by atoms with Gasteiger partial charge in [0, 0.05) is 42.6 Å². The summed E-state index contributed by atoms with van der Waals surface area (Å²) in [5, 5.41) is 0. The van der Waals surface area contributed by atoms with E-state index in [4.69, 9.17) is 4.74 Å². The summed E-state index contributed by atoms with van der Waals surface area (Å²) < 4.78 is 5.37. The lowest BCUT2D eigenvalue weighted by Crippen LogP contribution is -2.56. The van der Waals surface area contributed by atoms with Crippen molar-refractivity contribution in [2.75, 3.05) is 50.8 Å². The van der Waals surface area contributed by atoms with Crippen molar-refractivity contribution in [1.82, 2.24) is 9.80 Å². The van der Waals surface area contributed by atoms with Crippen LogP contribution in [0.1, 0.15) is 23.2 Å². The van der Waals surface area contributed by atoms with Crippen molar-refractivity contribution in [2.24, 2.45) is 5.92 Å². The molecule has 4 saturated heterocycles. The molecule has 4 aliphatic heterocycles. The van der Waals surface area contributed by atoms with Crippen molar-refractivity contribution < 1.29 is 9.53 Å². The third-order valence-electron chi connectivity index (χ3n) is 6.68. The molecule has 0 aromatic heterocycles. The predicted molar refractivity (Wildman–Crippen MR) is 115 cm³/mol. The number of piperidine rings is 3. The molecule has 0 aliphatic carbocycles. The SMILES string of the molecule is O=C(c1ccc(N(c2ccccc2)C2CN3CCC2CC3)cc1)N1CCOCC1. The van der Waals surface area contributed by atoms with Gasteiger partial charge in [-0.15, -0.1) is 0 Å². The van der Waals surface area contributed by atoms with Crippen LogP contribution in [-0.4, -0.2) is 67.7 Å². The average Bonchev–Trinajstić information content (AvgIpc) is 2.81. The molecular formula is C24H29N3O2. The maximum absolute atomic E-state index is 12.8. The third kappa shape index (κ3) is 3.77. The fraction of sp³-hybridized carbons (Fsp3) is 0.458. The summed E-state index contributed by atoms with van der Waals surface area (Å²) in [5.41, 5.74) is 3.17. The molecular weight excluding hydrogens is 362 g/mol. The Balaban J connectivity index is 1.42. The molecule has 5 nitrogen and oxygen atoms in total. The Morgan fingerprint density at radius 2 is 1.52 bits per heavy atom. The highest BCUT2D eigenvalue weighted by Gasteiger charge is 2.38. The minimum Gasteiger partial charge on any atom is -0.378 e. The minimum absolute atomic E-state index is 0.106. The highest BCUT2D eigenvalue weighted by molar-refractivity contribution is 5.94. The van der Waals surface area contributed by atoms with Crippen LogP contribution >= 0.6 is 0 Å². The van der Waals surface area contributed by atoms with Crippen LogP contribution in [-0.2, 0) is 4.74 Å². The maximum atomic E-state index is 12.8. The van der Waals surface area contributed by atoms with Gasteiger partial charge in [-0.1, -0.05) is 18.2 Å². The van der Waals surface area contributed by atoms with Gasteiger partial charge >= 0.3 is 0 Å². The molecule has 1 unspecified atom stereocenters. The highest BCUT2D eigenvalue weighted by Crippen LogP contribution is 2.38. The first-order valence-corrected chi connectivity index (χ1v) is 10.8. The molecule has 4 fully saturated rings. The molecule has 4 aliphatic rings. The number of fused-ring (bicyclic) bond motifs is 3. The van der Waals surface area contributed by atoms with Gasteiger partial charge in [0.25, 0.3) is 5.91 Å². The predicted octanol–water partition coefficient (Wildman–Crippen LogP) is 3.39. The molecule has 152 valence electrons. The quantitative estimate of drug-likeness (QED) is 0.801. The van der Waals surface area contributed by atoms with Gasteiger partial charge in [0.2, 0.25) is 0 Å². The Kier molecular flexibility index (Phi) is 5.25. The molecule has 2 bridgehead atoms. The third-order valence-corrected chi connectivity index (χ3v) is 6.68. The van der Waals surface area contributed by atoms with Gasteiger partial charge in [-0.25, -0.2) is 0 Å². The summed E-state index contributed by atoms with van der Waals surface area (Å²) in [4.78, 5) is 19.8. The smallest absolute Gasteiger partial charge is 0.254 e. The second-order valence-corrected chi connectivity index (χ2v) is 8.36. The lowest BCUT2D eigenvalue weighted by Gasteiger charge is -2.49. The fourth-order valence-corrected chi connectivity index (χ4v) is 5.06. The Bertz CT molecular complexity index is 825. The number of hydrogen-bond donors (Lipinski definition) is 0. The van der Waals surface area contributed by atoms with Crippen LogP contribution in [0.15, 0.2) is 54.6 Å². The van der Waals surface area contributed by atoms with Crippen molar-refractivity contribution in [2.45, 2.75) is 18.9 Å². The van der Waals surface area contributed by atoms with Crippen molar-refractivity contribution in [1.29, 1.82) is 0 Å². The van der Waals surface area contributed by atoms with Gasteiger partial charge in [0.15, 0.2) is 0 Å². The van der Waals surface area contributed by atoms with E-state index in [1.54, 1.807) is 0 Å². The van der Waals surface area contributed by atoms with Crippen LogP contribution in [0.2, 0.25) is 0 Å². The largest absolute Gasteiger partial charge is 0.378 e. The van der Waals surface area contributed by atoms with E-state index in [0.29, 0.717) is 32.3 Å². The van der Waals surface area contributed by atoms with E-state index in [2.05, 4.69) is 52.3 Å². The van der Waals surface area contributed by atoms with Gasteiger partial charge < -0.3 is 19.4 Å². The Morgan fingerprint density at radius 3 is 2.14 bits per heavy atom. The standard InChI is InChI=1S/C24H29N3O2/c28-24(26-14-16-29-17-15-26)20-6-8-22(9-7-20)27(21-4-2-1-3-5-21)23-18-25-12-10-19(23)11-13-25/h1-9,19,23H,10-18H2. The second kappa shape index (κ2) is 8.17. The van der Waals surface area contributed by atoms with Crippen molar-refractivity contribution >= 4 is 17.3 Å². The van der Waals surface area contributed by atoms with E-state index >= 15 is 0 Å². The van der Waals surface area contributed by atoms with Gasteiger partial charge in [0.1, 0.15) is 0 Å². The number of benzene rings is 2. The number of ether oxygens (including phenoxy) is 1. The number of carbonyl (C=O) groups is 1. The zero-order valence-electron chi connectivity index (χ0n) is 16.9. The summed E-state index contributed by atoms with van der Waals surface area (Å²) in [7, 11) is 0. The maximum Gasteiger partial charge on any atom is 0.254 e. The first-order chi connectivity index (χ1) is 14.3. The van der Waals surface area contributed by atoms with Crippen LogP contribution in [0.4, 0.5) is 11.4 Å². The zero-order chi connectivity index (χ0) is 19.6. The molecule has 0 spiro atoms. The van der Waals surface area contributed by atoms with E-state index < -0.39 is 0 Å². The molecule has 0 saturated carbocycles. The van der Waals surface area contributed by atoms with Crippen molar-refractivity contribution in [3.8, 4) is 0 Å². The Hall–Kier alpha value is -2.37. The van der Waals surface area contributed by atoms with Crippen LogP contribution < -0.4 is 4.90 Å². The molecule has 6 rings (SSSR count). The molecule has 1 amide bonds. The Morgan fingerprint density at radius 1 is 0.862 bits per heavy atom. The number of hydrogen-bond acceptors (Lipinski definition) is 4. The molecule has 29 heavy (non-hydrogen) atoms. The highest BCUT2D eigenvalue weighted by atomic mass is 16.5. The minimum atomic E-state index is 0.106. The van der Waals surface area contributed by atoms with Crippen molar-refractivity contribution in [3.05, 3.63) is 60.2 Å². The Labute approximate surface area is 172 Å². The summed E-state index contributed by atoms with van der Waals surface area (Å²) in [5.74, 6) is 0.837. The van der Waals surface area contributed by atoms with E-state index in [9.17, 15) is 4.79 Å². The normalized spacial score (nSPS) is 26.3. The van der Waals surface area contributed by atoms with Crippen LogP contribution in [0.5, 0.6) is 0 Å². The van der Waals surface area contributed by atoms with E-state index in [1.165, 1.54) is 37.3 Å². The summed E-state index contributed by atoms with van der Waals surface area (Å²) >= 11 is 0. The number of carbonyl (C=O) groups excluding carboxylic acids is 1. The number of amides is 1. The molecule has 4 heterocycles. The van der Waals surface area contributed by atoms with Crippen LogP contribution in [0.25, 0.3) is 0 Å². The molecule has 0 radical (unpaired) electrons. The summed E-state index contributed by atoms with van der Waals surface area (Å²) in [6, 6.07) is 19.4. The molecule has 1 atom stereocenters. The monoisotopic (exact) mass is 391 g/mol. The molecule has 2 aromatic rings. The molecule has 0 N–H and O–H groups in total. The fourth-order valence-electron chi connectivity index (χ4n) is 5.06. The summed E-state index contributed by atoms with van der Waals surface area (Å²) in [6.45, 7) is 6.20. The molecule has 5 heteroatoms. The first-order valence-electron chi connectivity index (χ1n) is 10.8. The van der Waals surface area contributed by atoms with E-state index in [1.807, 2.05) is 17.0 Å². The van der Waals surface area contributed by atoms with Gasteiger partial charge in [0.05, 0.1) is 13.2 Å². The van der Waals surface area contributed by atoms with Crippen LogP contribution in [0.3, 0.4) is 0 Å². The number of morpholine rings is 1. The number of rotatable bonds is 4. The molecule has 2 aromatic carbocycles. The van der Waals surface area contributed by atoms with Gasteiger partial charge in [-0.05, 0) is 68.2 Å². The van der Waals surface area contributed by atoms with E-state index in [0.717, 1.165) is 18.0 Å². The van der Waals surface area contributed by atoms with Gasteiger partial charge in [-0.3, -0.25) is 4.79 Å².